The molecule has 2 fully saturated rings. The standard InChI is InChI=1S/C12H13BrN2O2S2/c1-7-4-8(2-3-9(7)13)15-10-5-19(16,17)6-11(10)18-12(15)14/h2-4,10-11,14H,5-6H2,1H3. The summed E-state index contributed by atoms with van der Waals surface area (Å²) in [5.74, 6) is 0.346. The zero-order valence-corrected chi connectivity index (χ0v) is 13.5. The summed E-state index contributed by atoms with van der Waals surface area (Å²) in [5.41, 5.74) is 1.99. The van der Waals surface area contributed by atoms with Crippen LogP contribution in [0.3, 0.4) is 0 Å². The summed E-state index contributed by atoms with van der Waals surface area (Å²) in [7, 11) is -2.96. The molecule has 0 aromatic heterocycles. The Morgan fingerprint density at radius 3 is 2.84 bits per heavy atom. The second-order valence-corrected chi connectivity index (χ2v) is 9.15. The highest BCUT2D eigenvalue weighted by Gasteiger charge is 2.48. The van der Waals surface area contributed by atoms with Crippen LogP contribution in [0.2, 0.25) is 0 Å². The van der Waals surface area contributed by atoms with E-state index in [1.807, 2.05) is 30.0 Å². The molecule has 1 N–H and O–H groups in total. The number of hydrogen-bond donors (Lipinski definition) is 1. The predicted molar refractivity (Wildman–Crippen MR) is 82.9 cm³/mol. The lowest BCUT2D eigenvalue weighted by Crippen LogP contribution is -2.37. The van der Waals surface area contributed by atoms with Gasteiger partial charge in [-0.15, -0.1) is 0 Å². The van der Waals surface area contributed by atoms with Crippen LogP contribution in [-0.2, 0) is 9.84 Å². The molecule has 102 valence electrons. The summed E-state index contributed by atoms with van der Waals surface area (Å²) >= 11 is 4.82. The highest BCUT2D eigenvalue weighted by atomic mass is 79.9. The fourth-order valence-electron chi connectivity index (χ4n) is 2.59. The average Bonchev–Trinajstić information content (AvgIpc) is 2.73. The molecule has 0 saturated carbocycles. The van der Waals surface area contributed by atoms with Crippen LogP contribution in [0.15, 0.2) is 22.7 Å². The number of aryl methyl sites for hydroxylation is 1. The van der Waals surface area contributed by atoms with Crippen molar-refractivity contribution in [1.82, 2.24) is 0 Å². The molecule has 1 aromatic carbocycles. The molecule has 2 heterocycles. The molecule has 0 radical (unpaired) electrons. The highest BCUT2D eigenvalue weighted by molar-refractivity contribution is 9.10. The fourth-order valence-corrected chi connectivity index (χ4v) is 6.63. The minimum Gasteiger partial charge on any atom is -0.316 e. The van der Waals surface area contributed by atoms with Gasteiger partial charge in [0.15, 0.2) is 15.0 Å². The summed E-state index contributed by atoms with van der Waals surface area (Å²) < 4.78 is 24.5. The molecular weight excluding hydrogens is 348 g/mol. The first-order valence-electron chi connectivity index (χ1n) is 5.88. The minimum absolute atomic E-state index is 0.00135. The molecule has 4 nitrogen and oxygen atoms in total. The largest absolute Gasteiger partial charge is 0.316 e. The second-order valence-electron chi connectivity index (χ2n) is 4.91. The van der Waals surface area contributed by atoms with Crippen molar-refractivity contribution in [2.75, 3.05) is 16.4 Å². The summed E-state index contributed by atoms with van der Waals surface area (Å²) in [6.07, 6.45) is 0. The molecule has 2 aliphatic rings. The number of nitrogens with zero attached hydrogens (tertiary/aromatic N) is 1. The Hall–Kier alpha value is -0.530. The van der Waals surface area contributed by atoms with Crippen molar-refractivity contribution in [1.29, 1.82) is 5.41 Å². The van der Waals surface area contributed by atoms with Crippen LogP contribution in [0.1, 0.15) is 5.56 Å². The molecule has 3 rings (SSSR count). The van der Waals surface area contributed by atoms with Crippen LogP contribution in [-0.4, -0.2) is 36.4 Å². The van der Waals surface area contributed by atoms with Gasteiger partial charge in [0.25, 0.3) is 0 Å². The molecule has 1 aromatic rings. The third kappa shape index (κ3) is 2.32. The van der Waals surface area contributed by atoms with Gasteiger partial charge in [-0.25, -0.2) is 8.42 Å². The molecule has 0 amide bonds. The Morgan fingerprint density at radius 2 is 2.16 bits per heavy atom. The van der Waals surface area contributed by atoms with Crippen molar-refractivity contribution >= 4 is 48.4 Å². The molecule has 7 heteroatoms. The monoisotopic (exact) mass is 360 g/mol. The van der Waals surface area contributed by atoms with Gasteiger partial charge in [0.2, 0.25) is 0 Å². The smallest absolute Gasteiger partial charge is 0.161 e. The van der Waals surface area contributed by atoms with Gasteiger partial charge in [0, 0.05) is 15.4 Å². The first kappa shape index (κ1) is 13.5. The van der Waals surface area contributed by atoms with Crippen LogP contribution in [0, 0.1) is 12.3 Å². The topological polar surface area (TPSA) is 61.2 Å². The molecule has 19 heavy (non-hydrogen) atoms. The quantitative estimate of drug-likeness (QED) is 0.835. The zero-order chi connectivity index (χ0) is 13.8. The van der Waals surface area contributed by atoms with Gasteiger partial charge in [-0.05, 0) is 30.7 Å². The summed E-state index contributed by atoms with van der Waals surface area (Å²) in [5, 5.41) is 8.53. The number of anilines is 1. The van der Waals surface area contributed by atoms with E-state index in [0.717, 1.165) is 15.7 Å². The molecule has 2 unspecified atom stereocenters. The van der Waals surface area contributed by atoms with E-state index in [4.69, 9.17) is 5.41 Å². The third-order valence-electron chi connectivity index (χ3n) is 3.51. The van der Waals surface area contributed by atoms with Crippen molar-refractivity contribution in [3.63, 3.8) is 0 Å². The van der Waals surface area contributed by atoms with E-state index in [2.05, 4.69) is 15.9 Å². The first-order chi connectivity index (χ1) is 8.87. The van der Waals surface area contributed by atoms with Gasteiger partial charge in [-0.2, -0.15) is 0 Å². The van der Waals surface area contributed by atoms with Gasteiger partial charge < -0.3 is 4.90 Å². The third-order valence-corrected chi connectivity index (χ3v) is 7.53. The summed E-state index contributed by atoms with van der Waals surface area (Å²) in [6.45, 7) is 1.99. The van der Waals surface area contributed by atoms with E-state index >= 15 is 0 Å². The van der Waals surface area contributed by atoms with Crippen molar-refractivity contribution in [2.45, 2.75) is 18.2 Å². The van der Waals surface area contributed by atoms with Crippen molar-refractivity contribution in [3.05, 3.63) is 28.2 Å². The van der Waals surface area contributed by atoms with E-state index in [1.165, 1.54) is 11.8 Å². The Kier molecular flexibility index (Phi) is 3.18. The number of nitrogens with one attached hydrogen (secondary N) is 1. The van der Waals surface area contributed by atoms with E-state index in [-0.39, 0.29) is 22.8 Å². The number of fused-ring (bicyclic) bond motifs is 1. The van der Waals surface area contributed by atoms with Crippen LogP contribution < -0.4 is 4.90 Å². The number of thioether (sulfide) groups is 1. The summed E-state index contributed by atoms with van der Waals surface area (Å²) in [4.78, 5) is 1.86. The normalized spacial score (nSPS) is 28.7. The lowest BCUT2D eigenvalue weighted by molar-refractivity contribution is 0.601. The molecule has 0 aliphatic carbocycles. The van der Waals surface area contributed by atoms with Crippen molar-refractivity contribution < 1.29 is 8.42 Å². The number of sulfone groups is 1. The molecule has 0 bridgehead atoms. The Bertz CT molecular complexity index is 660. The SMILES string of the molecule is Cc1cc(N2C(=N)SC3CS(=O)(=O)CC32)ccc1Br. The molecule has 2 aliphatic heterocycles. The van der Waals surface area contributed by atoms with E-state index in [0.29, 0.717) is 5.17 Å². The lowest BCUT2D eigenvalue weighted by Gasteiger charge is -2.24. The van der Waals surface area contributed by atoms with Gasteiger partial charge in [-0.3, -0.25) is 5.41 Å². The minimum atomic E-state index is -2.96. The van der Waals surface area contributed by atoms with Crippen molar-refractivity contribution in [2.24, 2.45) is 0 Å². The van der Waals surface area contributed by atoms with Gasteiger partial charge in [0.05, 0.1) is 17.5 Å². The summed E-state index contributed by atoms with van der Waals surface area (Å²) in [6, 6.07) is 5.77. The Morgan fingerprint density at radius 1 is 1.42 bits per heavy atom. The van der Waals surface area contributed by atoms with Crippen LogP contribution in [0.4, 0.5) is 5.69 Å². The van der Waals surface area contributed by atoms with E-state index in [9.17, 15) is 8.42 Å². The maximum atomic E-state index is 11.7. The molecular formula is C12H13BrN2O2S2. The second kappa shape index (κ2) is 4.49. The first-order valence-corrected chi connectivity index (χ1v) is 9.38. The number of benzene rings is 1. The van der Waals surface area contributed by atoms with Crippen LogP contribution in [0.5, 0.6) is 0 Å². The highest BCUT2D eigenvalue weighted by Crippen LogP contribution is 2.40. The number of rotatable bonds is 1. The van der Waals surface area contributed by atoms with Gasteiger partial charge >= 0.3 is 0 Å². The maximum absolute atomic E-state index is 11.7. The van der Waals surface area contributed by atoms with Crippen LogP contribution >= 0.6 is 27.7 Å². The zero-order valence-electron chi connectivity index (χ0n) is 10.3. The Labute approximate surface area is 125 Å². The number of halogens is 1. The van der Waals surface area contributed by atoms with Crippen LogP contribution in [0.25, 0.3) is 0 Å². The maximum Gasteiger partial charge on any atom is 0.161 e. The number of amidine groups is 1. The fraction of sp³-hybridized carbons (Fsp3) is 0.417. The Balaban J connectivity index is 1.99. The average molecular weight is 361 g/mol. The lowest BCUT2D eigenvalue weighted by atomic mass is 10.1. The molecule has 0 spiro atoms. The van der Waals surface area contributed by atoms with Gasteiger partial charge in [0.1, 0.15) is 0 Å². The molecule has 2 atom stereocenters. The van der Waals surface area contributed by atoms with E-state index < -0.39 is 9.84 Å². The van der Waals surface area contributed by atoms with Crippen molar-refractivity contribution in [3.8, 4) is 0 Å². The molecule has 2 saturated heterocycles. The van der Waals surface area contributed by atoms with E-state index in [1.54, 1.807) is 0 Å². The predicted octanol–water partition coefficient (Wildman–Crippen LogP) is 2.41. The number of hydrogen-bond acceptors (Lipinski definition) is 4. The van der Waals surface area contributed by atoms with Gasteiger partial charge in [-0.1, -0.05) is 27.7 Å².